The molecular formula is C29H35NO2. The molecule has 0 amide bonds. The average Bonchev–Trinajstić information content (AvgIpc) is 3.42. The van der Waals surface area contributed by atoms with Gasteiger partial charge >= 0.3 is 0 Å². The number of allylic oxidation sites excluding steroid dienone is 2. The van der Waals surface area contributed by atoms with E-state index in [1.807, 2.05) is 0 Å². The summed E-state index contributed by atoms with van der Waals surface area (Å²) < 4.78 is 6.72. The summed E-state index contributed by atoms with van der Waals surface area (Å²) >= 11 is 0. The highest BCUT2D eigenvalue weighted by molar-refractivity contribution is 5.83. The standard InChI is InChI=1S/C29H35NO2/c1-2-23-14-12-21(13-15-28(23)31)18-22-8-7-10-25(19-22)32-29-26-11-4-3-9-24(26)20-27(29)30-16-5-6-17-30/h3-4,7-12,14,19,21,23,27,29H,2,5-6,13,15-18,20H2,1H3/t21?,23?,27-,29-/m0/s1. The molecule has 4 atom stereocenters. The minimum Gasteiger partial charge on any atom is -0.484 e. The number of carbonyl (C=O) groups excluding carboxylic acids is 1. The van der Waals surface area contributed by atoms with E-state index in [-0.39, 0.29) is 12.0 Å². The summed E-state index contributed by atoms with van der Waals surface area (Å²) in [6.45, 7) is 4.47. The molecule has 2 aromatic rings. The first kappa shape index (κ1) is 21.5. The van der Waals surface area contributed by atoms with Crippen molar-refractivity contribution in [3.8, 4) is 5.75 Å². The molecule has 3 aliphatic rings. The third-order valence-corrected chi connectivity index (χ3v) is 7.64. The van der Waals surface area contributed by atoms with Crippen LogP contribution in [-0.4, -0.2) is 29.8 Å². The van der Waals surface area contributed by atoms with Gasteiger partial charge in [0.1, 0.15) is 17.6 Å². The van der Waals surface area contributed by atoms with Gasteiger partial charge in [0.2, 0.25) is 0 Å². The van der Waals surface area contributed by atoms with Crippen molar-refractivity contribution in [1.29, 1.82) is 0 Å². The predicted octanol–water partition coefficient (Wildman–Crippen LogP) is 5.93. The molecule has 3 heteroatoms. The van der Waals surface area contributed by atoms with E-state index in [9.17, 15) is 4.79 Å². The van der Waals surface area contributed by atoms with E-state index in [1.54, 1.807) is 0 Å². The monoisotopic (exact) mass is 429 g/mol. The lowest BCUT2D eigenvalue weighted by Gasteiger charge is -2.30. The molecule has 2 aromatic carbocycles. The Bertz CT molecular complexity index is 975. The molecule has 32 heavy (non-hydrogen) atoms. The molecule has 3 nitrogen and oxygen atoms in total. The fourth-order valence-corrected chi connectivity index (χ4v) is 5.81. The Morgan fingerprint density at radius 1 is 1.03 bits per heavy atom. The van der Waals surface area contributed by atoms with Crippen molar-refractivity contribution in [2.24, 2.45) is 11.8 Å². The first-order valence-electron chi connectivity index (χ1n) is 12.5. The number of likely N-dealkylation sites (tertiary alicyclic amines) is 1. The van der Waals surface area contributed by atoms with Crippen molar-refractivity contribution in [1.82, 2.24) is 4.90 Å². The van der Waals surface area contributed by atoms with Gasteiger partial charge in [0.05, 0.1) is 6.04 Å². The lowest BCUT2D eigenvalue weighted by Crippen LogP contribution is -2.38. The summed E-state index contributed by atoms with van der Waals surface area (Å²) in [4.78, 5) is 14.9. The van der Waals surface area contributed by atoms with Gasteiger partial charge in [-0.2, -0.15) is 0 Å². The molecule has 5 rings (SSSR count). The molecule has 1 heterocycles. The van der Waals surface area contributed by atoms with Crippen LogP contribution in [0.2, 0.25) is 0 Å². The number of fused-ring (bicyclic) bond motifs is 1. The van der Waals surface area contributed by atoms with Crippen molar-refractivity contribution in [2.75, 3.05) is 13.1 Å². The molecule has 0 spiro atoms. The van der Waals surface area contributed by atoms with Crippen LogP contribution in [0.15, 0.2) is 60.7 Å². The van der Waals surface area contributed by atoms with Gasteiger partial charge in [0.15, 0.2) is 0 Å². The molecule has 0 aromatic heterocycles. The van der Waals surface area contributed by atoms with Crippen molar-refractivity contribution >= 4 is 5.78 Å². The number of benzene rings is 2. The molecule has 0 saturated carbocycles. The summed E-state index contributed by atoms with van der Waals surface area (Å²) in [5.74, 6) is 1.90. The Morgan fingerprint density at radius 3 is 2.72 bits per heavy atom. The summed E-state index contributed by atoms with van der Waals surface area (Å²) in [5.41, 5.74) is 4.08. The van der Waals surface area contributed by atoms with Crippen LogP contribution in [-0.2, 0) is 17.6 Å². The second-order valence-corrected chi connectivity index (χ2v) is 9.77. The number of rotatable bonds is 6. The van der Waals surface area contributed by atoms with Crippen molar-refractivity contribution in [3.05, 3.63) is 77.4 Å². The van der Waals surface area contributed by atoms with Gasteiger partial charge in [-0.1, -0.05) is 55.5 Å². The third-order valence-electron chi connectivity index (χ3n) is 7.64. The van der Waals surface area contributed by atoms with Gasteiger partial charge in [-0.15, -0.1) is 0 Å². The summed E-state index contributed by atoms with van der Waals surface area (Å²) in [7, 11) is 0. The molecule has 0 radical (unpaired) electrons. The number of hydrogen-bond donors (Lipinski definition) is 0. The predicted molar refractivity (Wildman–Crippen MR) is 129 cm³/mol. The van der Waals surface area contributed by atoms with E-state index in [2.05, 4.69) is 72.5 Å². The Balaban J connectivity index is 1.32. The maximum Gasteiger partial charge on any atom is 0.140 e. The van der Waals surface area contributed by atoms with Gasteiger partial charge in [-0.3, -0.25) is 9.69 Å². The van der Waals surface area contributed by atoms with Crippen LogP contribution in [0.5, 0.6) is 5.75 Å². The van der Waals surface area contributed by atoms with Gasteiger partial charge < -0.3 is 4.74 Å². The minimum atomic E-state index is 0.0975. The number of Topliss-reactive ketones (excluding diaryl/α,β-unsaturated/α-hetero) is 1. The maximum atomic E-state index is 12.3. The summed E-state index contributed by atoms with van der Waals surface area (Å²) in [6.07, 6.45) is 11.7. The Hall–Kier alpha value is -2.39. The van der Waals surface area contributed by atoms with E-state index in [0.717, 1.165) is 31.4 Å². The van der Waals surface area contributed by atoms with E-state index >= 15 is 0 Å². The normalized spacial score (nSPS) is 28.0. The zero-order chi connectivity index (χ0) is 21.9. The van der Waals surface area contributed by atoms with Gasteiger partial charge in [0, 0.05) is 12.3 Å². The molecule has 0 N–H and O–H groups in total. The molecule has 2 aliphatic carbocycles. The number of carbonyl (C=O) groups is 1. The maximum absolute atomic E-state index is 12.3. The van der Waals surface area contributed by atoms with E-state index in [0.29, 0.717) is 24.2 Å². The quantitative estimate of drug-likeness (QED) is 0.533. The van der Waals surface area contributed by atoms with Crippen LogP contribution in [0.4, 0.5) is 0 Å². The van der Waals surface area contributed by atoms with Crippen LogP contribution in [0.3, 0.4) is 0 Å². The topological polar surface area (TPSA) is 29.5 Å². The fourth-order valence-electron chi connectivity index (χ4n) is 5.81. The molecular weight excluding hydrogens is 394 g/mol. The second-order valence-electron chi connectivity index (χ2n) is 9.77. The van der Waals surface area contributed by atoms with Crippen LogP contribution < -0.4 is 4.74 Å². The lowest BCUT2D eigenvalue weighted by atomic mass is 9.95. The second kappa shape index (κ2) is 9.62. The Kier molecular flexibility index (Phi) is 6.45. The van der Waals surface area contributed by atoms with Crippen LogP contribution in [0.25, 0.3) is 0 Å². The molecule has 0 bridgehead atoms. The van der Waals surface area contributed by atoms with Crippen LogP contribution in [0.1, 0.15) is 61.8 Å². The molecule has 2 unspecified atom stereocenters. The van der Waals surface area contributed by atoms with Crippen molar-refractivity contribution in [3.63, 3.8) is 0 Å². The highest BCUT2D eigenvalue weighted by Crippen LogP contribution is 2.39. The zero-order valence-corrected chi connectivity index (χ0v) is 19.2. The summed E-state index contributed by atoms with van der Waals surface area (Å²) in [6, 6.07) is 17.9. The zero-order valence-electron chi connectivity index (χ0n) is 19.2. The van der Waals surface area contributed by atoms with E-state index in [4.69, 9.17) is 4.74 Å². The third kappa shape index (κ3) is 4.54. The van der Waals surface area contributed by atoms with Crippen molar-refractivity contribution in [2.45, 2.75) is 64.0 Å². The average molecular weight is 430 g/mol. The minimum absolute atomic E-state index is 0.0975. The van der Waals surface area contributed by atoms with Crippen LogP contribution in [0, 0.1) is 11.8 Å². The van der Waals surface area contributed by atoms with Gasteiger partial charge in [0.25, 0.3) is 0 Å². The van der Waals surface area contributed by atoms with Gasteiger partial charge in [-0.25, -0.2) is 0 Å². The first-order valence-corrected chi connectivity index (χ1v) is 12.5. The number of nitrogens with zero attached hydrogens (tertiary/aromatic N) is 1. The van der Waals surface area contributed by atoms with Gasteiger partial charge in [-0.05, 0) is 86.4 Å². The highest BCUT2D eigenvalue weighted by atomic mass is 16.5. The fraction of sp³-hybridized carbons (Fsp3) is 0.483. The Morgan fingerprint density at radius 2 is 1.88 bits per heavy atom. The highest BCUT2D eigenvalue weighted by Gasteiger charge is 2.38. The molecule has 168 valence electrons. The number of hydrogen-bond acceptors (Lipinski definition) is 3. The molecule has 1 fully saturated rings. The van der Waals surface area contributed by atoms with Crippen LogP contribution >= 0.6 is 0 Å². The van der Waals surface area contributed by atoms with Crippen molar-refractivity contribution < 1.29 is 9.53 Å². The Labute approximate surface area is 192 Å². The largest absolute Gasteiger partial charge is 0.484 e. The summed E-state index contributed by atoms with van der Waals surface area (Å²) in [5, 5.41) is 0. The SMILES string of the molecule is CCC1C=CC(Cc2cccc(O[C@H]3c4ccccc4C[C@@H]3N3CCCC3)c2)CCC1=O. The van der Waals surface area contributed by atoms with E-state index < -0.39 is 0 Å². The van der Waals surface area contributed by atoms with E-state index in [1.165, 1.54) is 42.6 Å². The number of ether oxygens (including phenoxy) is 1. The smallest absolute Gasteiger partial charge is 0.140 e. The number of ketones is 1. The molecule has 1 saturated heterocycles. The lowest BCUT2D eigenvalue weighted by molar-refractivity contribution is -0.121. The molecule has 1 aliphatic heterocycles. The first-order chi connectivity index (χ1) is 15.7.